The summed E-state index contributed by atoms with van der Waals surface area (Å²) in [5, 5.41) is 22.0. The van der Waals surface area contributed by atoms with E-state index < -0.39 is 19.0 Å². The lowest BCUT2D eigenvalue weighted by atomic mass is 9.83. The number of aromatic amines is 1. The molecule has 0 aromatic carbocycles. The van der Waals surface area contributed by atoms with Crippen LogP contribution in [-0.2, 0) is 6.18 Å². The Bertz CT molecular complexity index is 309. The molecule has 4 nitrogen and oxygen atoms in total. The van der Waals surface area contributed by atoms with Crippen LogP contribution in [0.4, 0.5) is 13.2 Å². The van der Waals surface area contributed by atoms with Crippen molar-refractivity contribution < 1.29 is 23.2 Å². The SMILES string of the molecule is Cc1c(C(F)(F)F)n[nH]c1B(O)O. The number of hydrogen-bond donors (Lipinski definition) is 3. The van der Waals surface area contributed by atoms with Gasteiger partial charge >= 0.3 is 13.3 Å². The number of alkyl halides is 3. The van der Waals surface area contributed by atoms with Crippen LogP contribution in [0.2, 0.25) is 0 Å². The zero-order chi connectivity index (χ0) is 10.2. The predicted octanol–water partition coefficient (Wildman–Crippen LogP) is -0.583. The summed E-state index contributed by atoms with van der Waals surface area (Å²) in [7, 11) is -1.97. The lowest BCUT2D eigenvalue weighted by Crippen LogP contribution is -2.33. The second kappa shape index (κ2) is 3.04. The van der Waals surface area contributed by atoms with Crippen molar-refractivity contribution in [3.8, 4) is 0 Å². The topological polar surface area (TPSA) is 69.1 Å². The minimum atomic E-state index is -4.58. The number of nitrogens with one attached hydrogen (secondary N) is 1. The molecular formula is C5H6BF3N2O2. The number of H-pyrrole nitrogens is 1. The van der Waals surface area contributed by atoms with E-state index in [0.29, 0.717) is 0 Å². The van der Waals surface area contributed by atoms with Gasteiger partial charge in [0.25, 0.3) is 0 Å². The molecular weight excluding hydrogens is 188 g/mol. The lowest BCUT2D eigenvalue weighted by molar-refractivity contribution is -0.141. The number of hydrogen-bond acceptors (Lipinski definition) is 3. The smallest absolute Gasteiger partial charge is 0.422 e. The van der Waals surface area contributed by atoms with Crippen LogP contribution in [0, 0.1) is 6.92 Å². The van der Waals surface area contributed by atoms with Crippen LogP contribution in [0.15, 0.2) is 0 Å². The van der Waals surface area contributed by atoms with Crippen molar-refractivity contribution >= 4 is 12.7 Å². The maximum atomic E-state index is 12.1. The molecule has 0 atom stereocenters. The van der Waals surface area contributed by atoms with Crippen LogP contribution in [0.3, 0.4) is 0 Å². The van der Waals surface area contributed by atoms with Crippen molar-refractivity contribution in [3.63, 3.8) is 0 Å². The Hall–Kier alpha value is -1.02. The Kier molecular flexibility index (Phi) is 2.35. The molecule has 72 valence electrons. The minimum Gasteiger partial charge on any atom is -0.422 e. The van der Waals surface area contributed by atoms with Gasteiger partial charge < -0.3 is 10.0 Å². The zero-order valence-electron chi connectivity index (χ0n) is 6.55. The summed E-state index contributed by atoms with van der Waals surface area (Å²) in [6.07, 6.45) is -4.58. The molecule has 1 aromatic rings. The lowest BCUT2D eigenvalue weighted by Gasteiger charge is -2.02. The van der Waals surface area contributed by atoms with Crippen molar-refractivity contribution in [2.45, 2.75) is 13.1 Å². The summed E-state index contributed by atoms with van der Waals surface area (Å²) in [6.45, 7) is 1.11. The van der Waals surface area contributed by atoms with Gasteiger partial charge in [0, 0.05) is 0 Å². The third-order valence-corrected chi connectivity index (χ3v) is 1.57. The first-order chi connectivity index (χ1) is 5.84. The van der Waals surface area contributed by atoms with E-state index in [-0.39, 0.29) is 11.2 Å². The normalized spacial score (nSPS) is 11.8. The van der Waals surface area contributed by atoms with Gasteiger partial charge in [-0.25, -0.2) is 0 Å². The van der Waals surface area contributed by atoms with Gasteiger partial charge in [0.15, 0.2) is 5.69 Å². The second-order valence-electron chi connectivity index (χ2n) is 2.48. The van der Waals surface area contributed by atoms with E-state index in [2.05, 4.69) is 5.10 Å². The fourth-order valence-corrected chi connectivity index (χ4v) is 0.939. The molecule has 0 aliphatic heterocycles. The summed E-state index contributed by atoms with van der Waals surface area (Å²) >= 11 is 0. The summed E-state index contributed by atoms with van der Waals surface area (Å²) in [5.41, 5.74) is -1.77. The number of halogens is 3. The molecule has 13 heavy (non-hydrogen) atoms. The number of nitrogens with zero attached hydrogens (tertiary/aromatic N) is 1. The third-order valence-electron chi connectivity index (χ3n) is 1.57. The Labute approximate surface area is 71.5 Å². The van der Waals surface area contributed by atoms with Crippen molar-refractivity contribution in [2.75, 3.05) is 0 Å². The van der Waals surface area contributed by atoms with Gasteiger partial charge in [-0.3, -0.25) is 5.10 Å². The van der Waals surface area contributed by atoms with Gasteiger partial charge in [-0.2, -0.15) is 18.3 Å². The standard InChI is InChI=1S/C5H6BF3N2O2/c1-2-3(5(7,8)9)10-11-4(2)6(12)13/h12-13H,1H3,(H,10,11). The molecule has 0 aliphatic carbocycles. The van der Waals surface area contributed by atoms with E-state index >= 15 is 0 Å². The van der Waals surface area contributed by atoms with E-state index in [9.17, 15) is 13.2 Å². The molecule has 0 fully saturated rings. The van der Waals surface area contributed by atoms with E-state index in [1.807, 2.05) is 5.10 Å². The van der Waals surface area contributed by atoms with Crippen LogP contribution < -0.4 is 5.59 Å². The van der Waals surface area contributed by atoms with Gasteiger partial charge in [0.05, 0.1) is 5.59 Å². The Morgan fingerprint density at radius 1 is 1.38 bits per heavy atom. The zero-order valence-corrected chi connectivity index (χ0v) is 6.55. The van der Waals surface area contributed by atoms with Crippen LogP contribution >= 0.6 is 0 Å². The Morgan fingerprint density at radius 2 is 1.92 bits per heavy atom. The van der Waals surface area contributed by atoms with Crippen molar-refractivity contribution in [3.05, 3.63) is 11.3 Å². The Balaban J connectivity index is 3.14. The van der Waals surface area contributed by atoms with E-state index in [1.54, 1.807) is 0 Å². The fourth-order valence-electron chi connectivity index (χ4n) is 0.939. The molecule has 8 heteroatoms. The van der Waals surface area contributed by atoms with E-state index in [1.165, 1.54) is 0 Å². The molecule has 3 N–H and O–H groups in total. The van der Waals surface area contributed by atoms with E-state index in [4.69, 9.17) is 10.0 Å². The first-order valence-electron chi connectivity index (χ1n) is 3.32. The van der Waals surface area contributed by atoms with E-state index in [0.717, 1.165) is 6.92 Å². The quantitative estimate of drug-likeness (QED) is 0.523. The average molecular weight is 194 g/mol. The fraction of sp³-hybridized carbons (Fsp3) is 0.400. The van der Waals surface area contributed by atoms with Gasteiger partial charge in [0.1, 0.15) is 0 Å². The van der Waals surface area contributed by atoms with Crippen molar-refractivity contribution in [1.29, 1.82) is 0 Å². The van der Waals surface area contributed by atoms with Gasteiger partial charge in [0.2, 0.25) is 0 Å². The minimum absolute atomic E-state index is 0.303. The van der Waals surface area contributed by atoms with Crippen LogP contribution in [0.1, 0.15) is 11.3 Å². The third kappa shape index (κ3) is 1.83. The molecule has 0 radical (unpaired) electrons. The molecule has 0 amide bonds. The molecule has 0 aliphatic rings. The maximum absolute atomic E-state index is 12.1. The number of aromatic nitrogens is 2. The number of rotatable bonds is 1. The van der Waals surface area contributed by atoms with Crippen LogP contribution in [0.25, 0.3) is 0 Å². The summed E-state index contributed by atoms with van der Waals surface area (Å²) in [5.74, 6) is 0. The molecule has 1 aromatic heterocycles. The predicted molar refractivity (Wildman–Crippen MR) is 38.2 cm³/mol. The van der Waals surface area contributed by atoms with Crippen molar-refractivity contribution in [1.82, 2.24) is 10.2 Å². The Morgan fingerprint density at radius 3 is 2.15 bits per heavy atom. The highest BCUT2D eigenvalue weighted by Crippen LogP contribution is 2.28. The second-order valence-corrected chi connectivity index (χ2v) is 2.48. The van der Waals surface area contributed by atoms with Gasteiger partial charge in [-0.15, -0.1) is 0 Å². The summed E-state index contributed by atoms with van der Waals surface area (Å²) < 4.78 is 36.2. The van der Waals surface area contributed by atoms with Crippen LogP contribution in [0.5, 0.6) is 0 Å². The first-order valence-corrected chi connectivity index (χ1v) is 3.32. The molecule has 1 heterocycles. The molecule has 0 saturated carbocycles. The molecule has 0 bridgehead atoms. The highest BCUT2D eigenvalue weighted by atomic mass is 19.4. The summed E-state index contributed by atoms with van der Waals surface area (Å²) in [6, 6.07) is 0. The molecule has 0 saturated heterocycles. The van der Waals surface area contributed by atoms with Gasteiger partial charge in [-0.1, -0.05) is 0 Å². The van der Waals surface area contributed by atoms with Crippen molar-refractivity contribution in [2.24, 2.45) is 0 Å². The van der Waals surface area contributed by atoms with Gasteiger partial charge in [-0.05, 0) is 12.5 Å². The molecule has 1 rings (SSSR count). The average Bonchev–Trinajstić information content (AvgIpc) is 2.28. The molecule has 0 unspecified atom stereocenters. The first kappa shape index (κ1) is 10.1. The highest BCUT2D eigenvalue weighted by Gasteiger charge is 2.37. The monoisotopic (exact) mass is 194 g/mol. The summed E-state index contributed by atoms with van der Waals surface area (Å²) in [4.78, 5) is 0. The van der Waals surface area contributed by atoms with Crippen LogP contribution in [-0.4, -0.2) is 27.4 Å². The maximum Gasteiger partial charge on any atom is 0.507 e. The largest absolute Gasteiger partial charge is 0.507 e. The highest BCUT2D eigenvalue weighted by molar-refractivity contribution is 6.58. The molecule has 0 spiro atoms.